The quantitative estimate of drug-likeness (QED) is 0.103. The lowest BCUT2D eigenvalue weighted by atomic mass is 9.84. The van der Waals surface area contributed by atoms with E-state index in [9.17, 15) is 19.5 Å². The predicted molar refractivity (Wildman–Crippen MR) is 164 cm³/mol. The molecule has 0 aromatic carbocycles. The van der Waals surface area contributed by atoms with Crippen molar-refractivity contribution in [2.75, 3.05) is 19.7 Å². The molecule has 0 saturated carbocycles. The molecule has 1 heterocycles. The van der Waals surface area contributed by atoms with Gasteiger partial charge in [0.2, 0.25) is 11.8 Å². The third-order valence-corrected chi connectivity index (χ3v) is 7.66. The van der Waals surface area contributed by atoms with Gasteiger partial charge in [-0.2, -0.15) is 0 Å². The standard InChI is InChI=1S/C33H58N2O6/c1-7-8-9-10-11-12-13-14-15-16-17-18-19-20-21-22-27(36)34-24-23-33(6,30(38)39)25-35-29(37)28-31(2,3)26-40-32(4,5)41-28/h11-12,14-15,28H,7-10,13,16-26H2,1-6H3,(H,34,36)(H,35,37)(H,38,39). The van der Waals surface area contributed by atoms with Crippen LogP contribution in [0, 0.1) is 10.8 Å². The molecule has 41 heavy (non-hydrogen) atoms. The molecule has 2 unspecified atom stereocenters. The number of allylic oxidation sites excluding steroid dienone is 4. The minimum absolute atomic E-state index is 0.0564. The molecule has 236 valence electrons. The van der Waals surface area contributed by atoms with E-state index in [1.54, 1.807) is 20.8 Å². The Morgan fingerprint density at radius 3 is 2.15 bits per heavy atom. The highest BCUT2D eigenvalue weighted by Crippen LogP contribution is 2.35. The van der Waals surface area contributed by atoms with Gasteiger partial charge in [-0.15, -0.1) is 0 Å². The van der Waals surface area contributed by atoms with Crippen molar-refractivity contribution in [3.63, 3.8) is 0 Å². The fourth-order valence-corrected chi connectivity index (χ4v) is 4.63. The second-order valence-corrected chi connectivity index (χ2v) is 12.8. The smallest absolute Gasteiger partial charge is 0.311 e. The van der Waals surface area contributed by atoms with Gasteiger partial charge in [-0.1, -0.05) is 77.2 Å². The Morgan fingerprint density at radius 1 is 0.902 bits per heavy atom. The Hall–Kier alpha value is -2.19. The highest BCUT2D eigenvalue weighted by Gasteiger charge is 2.46. The Balaban J connectivity index is 2.22. The zero-order valence-electron chi connectivity index (χ0n) is 26.7. The second kappa shape index (κ2) is 19.1. The van der Waals surface area contributed by atoms with Gasteiger partial charge in [-0.05, 0) is 65.7 Å². The first-order valence-corrected chi connectivity index (χ1v) is 15.7. The van der Waals surface area contributed by atoms with Gasteiger partial charge in [0.25, 0.3) is 0 Å². The summed E-state index contributed by atoms with van der Waals surface area (Å²) in [5.41, 5.74) is -1.76. The molecule has 0 aromatic heterocycles. The van der Waals surface area contributed by atoms with E-state index in [-0.39, 0.29) is 31.3 Å². The molecule has 1 aliphatic rings. The summed E-state index contributed by atoms with van der Waals surface area (Å²) in [6.07, 6.45) is 21.4. The number of carbonyl (C=O) groups is 3. The van der Waals surface area contributed by atoms with Crippen molar-refractivity contribution < 1.29 is 29.0 Å². The molecule has 0 spiro atoms. The highest BCUT2D eigenvalue weighted by molar-refractivity contribution is 5.83. The number of ether oxygens (including phenoxy) is 2. The number of carboxylic acid groups (broad SMARTS) is 1. The molecule has 0 aliphatic carbocycles. The van der Waals surface area contributed by atoms with Gasteiger partial charge in [0.15, 0.2) is 5.79 Å². The van der Waals surface area contributed by atoms with E-state index >= 15 is 0 Å². The van der Waals surface area contributed by atoms with Gasteiger partial charge in [-0.3, -0.25) is 14.4 Å². The van der Waals surface area contributed by atoms with Crippen molar-refractivity contribution in [1.29, 1.82) is 0 Å². The van der Waals surface area contributed by atoms with Gasteiger partial charge >= 0.3 is 5.97 Å². The summed E-state index contributed by atoms with van der Waals surface area (Å²) in [4.78, 5) is 37.2. The number of aliphatic carboxylic acids is 1. The highest BCUT2D eigenvalue weighted by atomic mass is 16.7. The fraction of sp³-hybridized carbons (Fsp3) is 0.788. The Morgan fingerprint density at radius 2 is 1.51 bits per heavy atom. The largest absolute Gasteiger partial charge is 0.481 e. The Labute approximate surface area is 249 Å². The molecule has 1 saturated heterocycles. The normalized spacial score (nSPS) is 19.7. The van der Waals surface area contributed by atoms with Gasteiger partial charge in [0, 0.05) is 24.9 Å². The van der Waals surface area contributed by atoms with Crippen molar-refractivity contribution in [2.24, 2.45) is 10.8 Å². The molecule has 2 amide bonds. The molecule has 8 heteroatoms. The van der Waals surface area contributed by atoms with E-state index in [4.69, 9.17) is 9.47 Å². The summed E-state index contributed by atoms with van der Waals surface area (Å²) < 4.78 is 11.5. The fourth-order valence-electron chi connectivity index (χ4n) is 4.63. The summed E-state index contributed by atoms with van der Waals surface area (Å²) in [5, 5.41) is 15.5. The number of amides is 2. The molecule has 0 aromatic rings. The SMILES string of the molecule is CCCCCC=CCC=CCCCCCCCC(=O)NCCC(C)(CNC(=O)C1OC(C)(C)OCC1(C)C)C(=O)O. The molecule has 1 rings (SSSR count). The first-order valence-electron chi connectivity index (χ1n) is 15.7. The summed E-state index contributed by atoms with van der Waals surface area (Å²) in [7, 11) is 0. The summed E-state index contributed by atoms with van der Waals surface area (Å²) >= 11 is 0. The Kier molecular flexibility index (Phi) is 17.1. The molecular weight excluding hydrogens is 520 g/mol. The lowest BCUT2D eigenvalue weighted by molar-refractivity contribution is -0.304. The molecule has 0 radical (unpaired) electrons. The van der Waals surface area contributed by atoms with Gasteiger partial charge in [0.1, 0.15) is 6.10 Å². The zero-order chi connectivity index (χ0) is 30.8. The van der Waals surface area contributed by atoms with Crippen molar-refractivity contribution in [1.82, 2.24) is 10.6 Å². The number of carboxylic acids is 1. The van der Waals surface area contributed by atoms with E-state index in [1.165, 1.54) is 32.1 Å². The maximum Gasteiger partial charge on any atom is 0.311 e. The Bertz CT molecular complexity index is 851. The van der Waals surface area contributed by atoms with E-state index in [0.717, 1.165) is 38.5 Å². The third kappa shape index (κ3) is 15.6. The summed E-state index contributed by atoms with van der Waals surface area (Å²) in [5.74, 6) is -2.33. The first kappa shape index (κ1) is 36.8. The monoisotopic (exact) mass is 578 g/mol. The molecule has 3 N–H and O–H groups in total. The second-order valence-electron chi connectivity index (χ2n) is 12.8. The zero-order valence-corrected chi connectivity index (χ0v) is 26.7. The van der Waals surface area contributed by atoms with Crippen LogP contribution in [0.5, 0.6) is 0 Å². The van der Waals surface area contributed by atoms with Crippen LogP contribution in [-0.2, 0) is 23.9 Å². The lowest BCUT2D eigenvalue weighted by Gasteiger charge is -2.45. The van der Waals surface area contributed by atoms with Crippen molar-refractivity contribution >= 4 is 17.8 Å². The molecule has 2 atom stereocenters. The number of nitrogens with one attached hydrogen (secondary N) is 2. The molecule has 1 aliphatic heterocycles. The van der Waals surface area contributed by atoms with Crippen LogP contribution in [0.1, 0.15) is 125 Å². The van der Waals surface area contributed by atoms with Crippen LogP contribution in [0.4, 0.5) is 0 Å². The van der Waals surface area contributed by atoms with Gasteiger partial charge in [0.05, 0.1) is 12.0 Å². The van der Waals surface area contributed by atoms with Crippen LogP contribution in [-0.4, -0.2) is 54.5 Å². The molecular formula is C33H58N2O6. The number of hydrogen-bond donors (Lipinski definition) is 3. The average Bonchev–Trinajstić information content (AvgIpc) is 2.91. The predicted octanol–water partition coefficient (Wildman–Crippen LogP) is 6.69. The minimum Gasteiger partial charge on any atom is -0.481 e. The summed E-state index contributed by atoms with van der Waals surface area (Å²) in [6, 6.07) is 0. The van der Waals surface area contributed by atoms with E-state index < -0.39 is 28.7 Å². The van der Waals surface area contributed by atoms with Gasteiger partial charge in [-0.25, -0.2) is 0 Å². The number of carbonyl (C=O) groups excluding carboxylic acids is 2. The third-order valence-electron chi connectivity index (χ3n) is 7.66. The molecule has 0 bridgehead atoms. The van der Waals surface area contributed by atoms with Crippen LogP contribution < -0.4 is 10.6 Å². The van der Waals surface area contributed by atoms with Crippen molar-refractivity contribution in [3.05, 3.63) is 24.3 Å². The van der Waals surface area contributed by atoms with Crippen LogP contribution in [0.15, 0.2) is 24.3 Å². The molecule has 1 fully saturated rings. The number of unbranched alkanes of at least 4 members (excludes halogenated alkanes) is 8. The van der Waals surface area contributed by atoms with Crippen LogP contribution in [0.25, 0.3) is 0 Å². The maximum atomic E-state index is 12.9. The van der Waals surface area contributed by atoms with Crippen molar-refractivity contribution in [2.45, 2.75) is 137 Å². The van der Waals surface area contributed by atoms with Crippen LogP contribution in [0.2, 0.25) is 0 Å². The minimum atomic E-state index is -1.22. The lowest BCUT2D eigenvalue weighted by Crippen LogP contribution is -2.57. The van der Waals surface area contributed by atoms with Gasteiger partial charge < -0.3 is 25.2 Å². The number of rotatable bonds is 21. The topological polar surface area (TPSA) is 114 Å². The first-order chi connectivity index (χ1) is 19.3. The molecule has 8 nitrogen and oxygen atoms in total. The van der Waals surface area contributed by atoms with E-state index in [2.05, 4.69) is 41.9 Å². The van der Waals surface area contributed by atoms with E-state index in [0.29, 0.717) is 13.0 Å². The van der Waals surface area contributed by atoms with E-state index in [1.807, 2.05) is 13.8 Å². The maximum absolute atomic E-state index is 12.9. The number of hydrogen-bond acceptors (Lipinski definition) is 5. The summed E-state index contributed by atoms with van der Waals surface area (Å²) in [6.45, 7) is 11.6. The van der Waals surface area contributed by atoms with Crippen LogP contribution >= 0.6 is 0 Å². The van der Waals surface area contributed by atoms with Crippen LogP contribution in [0.3, 0.4) is 0 Å². The average molecular weight is 579 g/mol. The van der Waals surface area contributed by atoms with Crippen molar-refractivity contribution in [3.8, 4) is 0 Å².